The van der Waals surface area contributed by atoms with Gasteiger partial charge in [-0.05, 0) is 20.3 Å². The molecular formula is C10H15N5O. The van der Waals surface area contributed by atoms with Crippen molar-refractivity contribution >= 4 is 17.0 Å². The number of hydrogen-bond donors (Lipinski definition) is 2. The maximum atomic E-state index is 5.81. The van der Waals surface area contributed by atoms with Gasteiger partial charge in [-0.3, -0.25) is 5.10 Å². The van der Waals surface area contributed by atoms with E-state index >= 15 is 0 Å². The second kappa shape index (κ2) is 3.62. The first-order valence-electron chi connectivity index (χ1n) is 5.17. The number of aromatic nitrogens is 4. The SMILES string of the molecule is CCC(C)(C)Oc1nc(N)nc2[nH]ncc12. The Morgan fingerprint density at radius 3 is 2.88 bits per heavy atom. The van der Waals surface area contributed by atoms with Crippen molar-refractivity contribution in [3.05, 3.63) is 6.20 Å². The van der Waals surface area contributed by atoms with Gasteiger partial charge in [-0.25, -0.2) is 0 Å². The molecule has 2 rings (SSSR count). The number of rotatable bonds is 3. The Kier molecular flexibility index (Phi) is 2.41. The Labute approximate surface area is 93.2 Å². The number of ether oxygens (including phenoxy) is 1. The van der Waals surface area contributed by atoms with E-state index in [0.29, 0.717) is 11.5 Å². The minimum atomic E-state index is -0.287. The van der Waals surface area contributed by atoms with Crippen LogP contribution in [0.4, 0.5) is 5.95 Å². The summed E-state index contributed by atoms with van der Waals surface area (Å²) in [6.45, 7) is 6.05. The Balaban J connectivity index is 2.47. The fraction of sp³-hybridized carbons (Fsp3) is 0.500. The number of hydrogen-bond acceptors (Lipinski definition) is 5. The van der Waals surface area contributed by atoms with E-state index in [9.17, 15) is 0 Å². The number of H-pyrrole nitrogens is 1. The molecule has 0 unspecified atom stereocenters. The molecule has 86 valence electrons. The highest BCUT2D eigenvalue weighted by Crippen LogP contribution is 2.26. The molecular weight excluding hydrogens is 206 g/mol. The number of nitrogen functional groups attached to an aromatic ring is 1. The highest BCUT2D eigenvalue weighted by molar-refractivity contribution is 5.80. The van der Waals surface area contributed by atoms with Crippen LogP contribution >= 0.6 is 0 Å². The van der Waals surface area contributed by atoms with Crippen LogP contribution in [-0.4, -0.2) is 25.8 Å². The third-order valence-electron chi connectivity index (χ3n) is 2.52. The molecule has 0 saturated carbocycles. The molecule has 3 N–H and O–H groups in total. The van der Waals surface area contributed by atoms with Crippen molar-refractivity contribution in [2.75, 3.05) is 5.73 Å². The average molecular weight is 221 g/mol. The molecule has 0 fully saturated rings. The monoisotopic (exact) mass is 221 g/mol. The number of anilines is 1. The molecule has 2 aromatic heterocycles. The molecule has 0 atom stereocenters. The maximum absolute atomic E-state index is 5.81. The molecule has 0 aliphatic heterocycles. The van der Waals surface area contributed by atoms with Gasteiger partial charge in [0.1, 0.15) is 11.0 Å². The Bertz CT molecular complexity index is 505. The molecule has 0 saturated heterocycles. The van der Waals surface area contributed by atoms with Crippen LogP contribution in [0.3, 0.4) is 0 Å². The van der Waals surface area contributed by atoms with Crippen LogP contribution in [0.2, 0.25) is 0 Å². The van der Waals surface area contributed by atoms with Gasteiger partial charge < -0.3 is 10.5 Å². The van der Waals surface area contributed by atoms with Gasteiger partial charge in [-0.1, -0.05) is 6.92 Å². The van der Waals surface area contributed by atoms with Gasteiger partial charge in [0.25, 0.3) is 0 Å². The summed E-state index contributed by atoms with van der Waals surface area (Å²) in [5, 5.41) is 7.39. The second-order valence-electron chi connectivity index (χ2n) is 4.23. The highest BCUT2D eigenvalue weighted by Gasteiger charge is 2.20. The van der Waals surface area contributed by atoms with Gasteiger partial charge in [0.2, 0.25) is 11.8 Å². The first kappa shape index (κ1) is 10.7. The Morgan fingerprint density at radius 1 is 1.44 bits per heavy atom. The smallest absolute Gasteiger partial charge is 0.230 e. The van der Waals surface area contributed by atoms with Gasteiger partial charge in [-0.15, -0.1) is 0 Å². The second-order valence-corrected chi connectivity index (χ2v) is 4.23. The van der Waals surface area contributed by atoms with Crippen molar-refractivity contribution in [3.8, 4) is 5.88 Å². The third-order valence-corrected chi connectivity index (χ3v) is 2.52. The van der Waals surface area contributed by atoms with E-state index in [2.05, 4.69) is 27.1 Å². The number of aromatic amines is 1. The van der Waals surface area contributed by atoms with E-state index in [1.165, 1.54) is 0 Å². The molecule has 2 aromatic rings. The fourth-order valence-corrected chi connectivity index (χ4v) is 1.24. The molecule has 6 nitrogen and oxygen atoms in total. The van der Waals surface area contributed by atoms with E-state index in [1.54, 1.807) is 6.20 Å². The van der Waals surface area contributed by atoms with E-state index in [1.807, 2.05) is 13.8 Å². The highest BCUT2D eigenvalue weighted by atomic mass is 16.5. The van der Waals surface area contributed by atoms with Gasteiger partial charge in [0.15, 0.2) is 5.65 Å². The molecule has 0 bridgehead atoms. The predicted molar refractivity (Wildman–Crippen MR) is 61.1 cm³/mol. The van der Waals surface area contributed by atoms with Crippen LogP contribution in [0, 0.1) is 0 Å². The van der Waals surface area contributed by atoms with Gasteiger partial charge in [0.05, 0.1) is 6.20 Å². The normalized spacial score (nSPS) is 11.9. The third kappa shape index (κ3) is 1.91. The summed E-state index contributed by atoms with van der Waals surface area (Å²) in [4.78, 5) is 8.11. The van der Waals surface area contributed by atoms with E-state index in [0.717, 1.165) is 11.8 Å². The number of nitrogens with zero attached hydrogens (tertiary/aromatic N) is 3. The zero-order chi connectivity index (χ0) is 11.8. The summed E-state index contributed by atoms with van der Waals surface area (Å²) in [6, 6.07) is 0. The number of nitrogens with one attached hydrogen (secondary N) is 1. The lowest BCUT2D eigenvalue weighted by atomic mass is 10.1. The quantitative estimate of drug-likeness (QED) is 0.819. The standard InChI is InChI=1S/C10H15N5O/c1-4-10(2,3)16-8-6-5-12-15-7(6)13-9(11)14-8/h5H,4H2,1-3H3,(H3,11,12,13,14,15). The van der Waals surface area contributed by atoms with Crippen molar-refractivity contribution in [2.24, 2.45) is 0 Å². The minimum Gasteiger partial charge on any atom is -0.471 e. The molecule has 0 aliphatic carbocycles. The molecule has 0 amide bonds. The fourth-order valence-electron chi connectivity index (χ4n) is 1.24. The topological polar surface area (TPSA) is 89.7 Å². The van der Waals surface area contributed by atoms with Crippen LogP contribution in [0.15, 0.2) is 6.20 Å². The van der Waals surface area contributed by atoms with Gasteiger partial charge in [-0.2, -0.15) is 15.1 Å². The summed E-state index contributed by atoms with van der Waals surface area (Å²) in [5.74, 6) is 0.654. The summed E-state index contributed by atoms with van der Waals surface area (Å²) in [6.07, 6.45) is 2.51. The van der Waals surface area contributed by atoms with E-state index in [4.69, 9.17) is 10.5 Å². The van der Waals surface area contributed by atoms with Gasteiger partial charge in [0, 0.05) is 0 Å². The van der Waals surface area contributed by atoms with Crippen molar-refractivity contribution in [3.63, 3.8) is 0 Å². The van der Waals surface area contributed by atoms with Crippen LogP contribution < -0.4 is 10.5 Å². The predicted octanol–water partition coefficient (Wildman–Crippen LogP) is 1.50. The Hall–Kier alpha value is -1.85. The summed E-state index contributed by atoms with van der Waals surface area (Å²) < 4.78 is 5.81. The molecule has 0 aliphatic rings. The van der Waals surface area contributed by atoms with E-state index in [-0.39, 0.29) is 11.5 Å². The van der Waals surface area contributed by atoms with Crippen molar-refractivity contribution in [2.45, 2.75) is 32.8 Å². The van der Waals surface area contributed by atoms with Crippen molar-refractivity contribution in [1.29, 1.82) is 0 Å². The molecule has 0 aromatic carbocycles. The summed E-state index contributed by atoms with van der Waals surface area (Å²) in [5.41, 5.74) is 5.90. The summed E-state index contributed by atoms with van der Waals surface area (Å²) in [7, 11) is 0. The lowest BCUT2D eigenvalue weighted by Crippen LogP contribution is -2.27. The van der Waals surface area contributed by atoms with Gasteiger partial charge >= 0.3 is 0 Å². The lowest BCUT2D eigenvalue weighted by Gasteiger charge is -2.24. The van der Waals surface area contributed by atoms with E-state index < -0.39 is 0 Å². The van der Waals surface area contributed by atoms with Crippen molar-refractivity contribution in [1.82, 2.24) is 20.2 Å². The first-order chi connectivity index (χ1) is 7.52. The lowest BCUT2D eigenvalue weighted by molar-refractivity contribution is 0.101. The molecule has 0 radical (unpaired) electrons. The summed E-state index contributed by atoms with van der Waals surface area (Å²) >= 11 is 0. The van der Waals surface area contributed by atoms with Crippen LogP contribution in [0.5, 0.6) is 5.88 Å². The van der Waals surface area contributed by atoms with Crippen LogP contribution in [-0.2, 0) is 0 Å². The number of nitrogens with two attached hydrogens (primary N) is 1. The molecule has 16 heavy (non-hydrogen) atoms. The van der Waals surface area contributed by atoms with Crippen LogP contribution in [0.1, 0.15) is 27.2 Å². The molecule has 6 heteroatoms. The first-order valence-corrected chi connectivity index (χ1v) is 5.17. The zero-order valence-electron chi connectivity index (χ0n) is 9.61. The van der Waals surface area contributed by atoms with Crippen LogP contribution in [0.25, 0.3) is 11.0 Å². The van der Waals surface area contributed by atoms with Crippen molar-refractivity contribution < 1.29 is 4.74 Å². The number of fused-ring (bicyclic) bond motifs is 1. The average Bonchev–Trinajstić information content (AvgIpc) is 2.65. The minimum absolute atomic E-state index is 0.179. The maximum Gasteiger partial charge on any atom is 0.230 e. The Morgan fingerprint density at radius 2 is 2.19 bits per heavy atom. The molecule has 2 heterocycles. The largest absolute Gasteiger partial charge is 0.471 e. The zero-order valence-corrected chi connectivity index (χ0v) is 9.61. The molecule has 0 spiro atoms.